The molecule has 0 unspecified atom stereocenters. The number of carbonyl (C=O) groups excluding carboxylic acids is 1. The molecule has 3 aromatic rings. The third-order valence-corrected chi connectivity index (χ3v) is 9.51. The summed E-state index contributed by atoms with van der Waals surface area (Å²) in [5.41, 5.74) is 6.97. The van der Waals surface area contributed by atoms with Crippen molar-refractivity contribution in [2.75, 3.05) is 20.5 Å². The van der Waals surface area contributed by atoms with E-state index in [2.05, 4.69) is 4.99 Å². The molecule has 0 radical (unpaired) electrons. The molecule has 0 saturated heterocycles. The quantitative estimate of drug-likeness (QED) is 0.151. The summed E-state index contributed by atoms with van der Waals surface area (Å²) in [7, 11) is -1.05. The number of phenols is 1. The van der Waals surface area contributed by atoms with Crippen LogP contribution in [0.4, 0.5) is 4.79 Å². The SMILES string of the molecule is COC(OC)c1cc(-c2cccc(S(=O)(=O)c3cc(C(N)=NC(=O)OC(C)(C)C)sc3SC)c2)ccc1O. The van der Waals surface area contributed by atoms with Crippen LogP contribution in [0.25, 0.3) is 11.1 Å². The molecular weight excluding hydrogens is 548 g/mol. The molecular formula is C26H30N2O7S3. The van der Waals surface area contributed by atoms with Gasteiger partial charge in [0.05, 0.1) is 24.4 Å². The van der Waals surface area contributed by atoms with E-state index in [1.165, 1.54) is 44.2 Å². The fourth-order valence-electron chi connectivity index (χ4n) is 3.49. The van der Waals surface area contributed by atoms with E-state index in [0.29, 0.717) is 25.8 Å². The van der Waals surface area contributed by atoms with Gasteiger partial charge in [0.1, 0.15) is 17.2 Å². The number of phenolic OH excluding ortho intramolecular Hbond substituents is 1. The third kappa shape index (κ3) is 6.75. The molecule has 3 rings (SSSR count). The van der Waals surface area contributed by atoms with Crippen molar-refractivity contribution < 1.29 is 32.5 Å². The van der Waals surface area contributed by atoms with Gasteiger partial charge in [-0.05, 0) is 68.5 Å². The molecule has 9 nitrogen and oxygen atoms in total. The monoisotopic (exact) mass is 578 g/mol. The highest BCUT2D eigenvalue weighted by Crippen LogP contribution is 2.38. The lowest BCUT2D eigenvalue weighted by Gasteiger charge is -2.17. The number of nitrogens with two attached hydrogens (primary N) is 1. The topological polar surface area (TPSA) is 138 Å². The molecule has 0 spiro atoms. The smallest absolute Gasteiger partial charge is 0.436 e. The summed E-state index contributed by atoms with van der Waals surface area (Å²) >= 11 is 2.38. The van der Waals surface area contributed by atoms with Crippen LogP contribution in [0.1, 0.15) is 37.5 Å². The normalized spacial score (nSPS) is 12.7. The van der Waals surface area contributed by atoms with E-state index < -0.39 is 27.8 Å². The molecule has 1 aromatic heterocycles. The Morgan fingerprint density at radius 1 is 1.08 bits per heavy atom. The number of hydrogen-bond donors (Lipinski definition) is 2. The van der Waals surface area contributed by atoms with Crippen molar-refractivity contribution in [2.24, 2.45) is 10.7 Å². The number of hydrogen-bond acceptors (Lipinski definition) is 9. The molecule has 0 atom stereocenters. The van der Waals surface area contributed by atoms with Crippen LogP contribution in [0, 0.1) is 0 Å². The Bertz CT molecular complexity index is 1450. The molecule has 0 aliphatic rings. The maximum absolute atomic E-state index is 13.7. The number of carbonyl (C=O) groups is 1. The highest BCUT2D eigenvalue weighted by atomic mass is 32.2. The first kappa shape index (κ1) is 29.7. The van der Waals surface area contributed by atoms with Crippen molar-refractivity contribution in [2.45, 2.75) is 46.7 Å². The lowest BCUT2D eigenvalue weighted by Crippen LogP contribution is -2.24. The number of amides is 1. The van der Waals surface area contributed by atoms with Crippen LogP contribution in [0.5, 0.6) is 5.75 Å². The van der Waals surface area contributed by atoms with Gasteiger partial charge in [-0.1, -0.05) is 18.2 Å². The molecule has 0 bridgehead atoms. The number of ether oxygens (including phenoxy) is 3. The molecule has 1 amide bonds. The number of amidine groups is 1. The van der Waals surface area contributed by atoms with Crippen LogP contribution in [0.15, 0.2) is 67.5 Å². The van der Waals surface area contributed by atoms with Gasteiger partial charge in [-0.3, -0.25) is 0 Å². The van der Waals surface area contributed by atoms with E-state index in [-0.39, 0.29) is 21.4 Å². The largest absolute Gasteiger partial charge is 0.507 e. The number of aliphatic imine (C=N–C) groups is 1. The van der Waals surface area contributed by atoms with Crippen molar-refractivity contribution in [1.82, 2.24) is 0 Å². The number of rotatable bonds is 8. The summed E-state index contributed by atoms with van der Waals surface area (Å²) < 4.78 is 43.6. The fourth-order valence-corrected chi connectivity index (χ4v) is 7.44. The van der Waals surface area contributed by atoms with Crippen LogP contribution in [0.2, 0.25) is 0 Å². The zero-order chi connectivity index (χ0) is 28.3. The zero-order valence-electron chi connectivity index (χ0n) is 21.8. The van der Waals surface area contributed by atoms with Crippen molar-refractivity contribution in [3.05, 3.63) is 59.0 Å². The second-order valence-electron chi connectivity index (χ2n) is 9.05. The van der Waals surface area contributed by atoms with Gasteiger partial charge in [0.25, 0.3) is 0 Å². The molecule has 12 heteroatoms. The van der Waals surface area contributed by atoms with Crippen LogP contribution in [0.3, 0.4) is 0 Å². The number of thioether (sulfide) groups is 1. The summed E-state index contributed by atoms with van der Waals surface area (Å²) in [6.07, 6.45) is 0.110. The molecule has 0 saturated carbocycles. The first-order chi connectivity index (χ1) is 17.8. The maximum atomic E-state index is 13.7. The Hall–Kier alpha value is -2.90. The van der Waals surface area contributed by atoms with E-state index in [4.69, 9.17) is 19.9 Å². The predicted molar refractivity (Wildman–Crippen MR) is 149 cm³/mol. The number of sulfone groups is 1. The van der Waals surface area contributed by atoms with Crippen LogP contribution in [-0.4, -0.2) is 51.5 Å². The van der Waals surface area contributed by atoms with Gasteiger partial charge in [0, 0.05) is 14.2 Å². The fraction of sp³-hybridized carbons (Fsp3) is 0.308. The van der Waals surface area contributed by atoms with Gasteiger partial charge in [-0.25, -0.2) is 13.2 Å². The van der Waals surface area contributed by atoms with E-state index in [0.717, 1.165) is 11.3 Å². The average Bonchev–Trinajstić information content (AvgIpc) is 3.30. The van der Waals surface area contributed by atoms with E-state index in [9.17, 15) is 18.3 Å². The number of aromatic hydroxyl groups is 1. The Labute approximate surface area is 230 Å². The lowest BCUT2D eigenvalue weighted by molar-refractivity contribution is -0.106. The molecule has 3 N–H and O–H groups in total. The zero-order valence-corrected chi connectivity index (χ0v) is 24.3. The lowest BCUT2D eigenvalue weighted by atomic mass is 10.0. The summed E-state index contributed by atoms with van der Waals surface area (Å²) in [6.45, 7) is 5.12. The minimum absolute atomic E-state index is 0.00715. The first-order valence-corrected chi connectivity index (χ1v) is 14.8. The van der Waals surface area contributed by atoms with Gasteiger partial charge >= 0.3 is 6.09 Å². The molecule has 204 valence electrons. The average molecular weight is 579 g/mol. The van der Waals surface area contributed by atoms with Crippen LogP contribution < -0.4 is 5.73 Å². The number of thiophene rings is 1. The Kier molecular flexibility index (Phi) is 9.26. The van der Waals surface area contributed by atoms with Crippen molar-refractivity contribution in [3.8, 4) is 16.9 Å². The summed E-state index contributed by atoms with van der Waals surface area (Å²) in [5, 5.41) is 10.3. The summed E-state index contributed by atoms with van der Waals surface area (Å²) in [5.74, 6) is -0.135. The van der Waals surface area contributed by atoms with Crippen LogP contribution in [-0.2, 0) is 24.0 Å². The summed E-state index contributed by atoms with van der Waals surface area (Å²) in [4.78, 5) is 16.3. The van der Waals surface area contributed by atoms with Gasteiger partial charge in [-0.15, -0.1) is 23.1 Å². The number of benzene rings is 2. The summed E-state index contributed by atoms with van der Waals surface area (Å²) in [6, 6.07) is 12.8. The minimum atomic E-state index is -3.96. The standard InChI is InChI=1S/C26H30N2O7S3/c1-26(2,3)35-25(30)28-22(27)20-14-21(24(36-6)37-20)38(31,32)17-9-7-8-15(12-17)16-10-11-19(29)18(13-16)23(33-4)34-5/h7-14,23,29H,1-6H3,(H2,27,28,30). The second kappa shape index (κ2) is 11.9. The van der Waals surface area contributed by atoms with E-state index >= 15 is 0 Å². The maximum Gasteiger partial charge on any atom is 0.436 e. The van der Waals surface area contributed by atoms with Crippen molar-refractivity contribution in [3.63, 3.8) is 0 Å². The first-order valence-electron chi connectivity index (χ1n) is 11.3. The molecule has 1 heterocycles. The highest BCUT2D eigenvalue weighted by Gasteiger charge is 2.26. The van der Waals surface area contributed by atoms with Crippen LogP contribution >= 0.6 is 23.1 Å². The molecule has 0 aliphatic heterocycles. The number of nitrogens with zero attached hydrogens (tertiary/aromatic N) is 1. The van der Waals surface area contributed by atoms with Gasteiger partial charge in [0.15, 0.2) is 6.29 Å². The highest BCUT2D eigenvalue weighted by molar-refractivity contribution is 8.01. The predicted octanol–water partition coefficient (Wildman–Crippen LogP) is 5.61. The Morgan fingerprint density at radius 2 is 1.74 bits per heavy atom. The molecule has 0 aliphatic carbocycles. The van der Waals surface area contributed by atoms with Gasteiger partial charge in [-0.2, -0.15) is 4.99 Å². The van der Waals surface area contributed by atoms with Gasteiger partial charge in [0.2, 0.25) is 9.84 Å². The molecule has 38 heavy (non-hydrogen) atoms. The molecule has 2 aromatic carbocycles. The van der Waals surface area contributed by atoms with Gasteiger partial charge < -0.3 is 25.1 Å². The number of methoxy groups -OCH3 is 2. The van der Waals surface area contributed by atoms with E-state index in [1.54, 1.807) is 57.4 Å². The Balaban J connectivity index is 2.02. The minimum Gasteiger partial charge on any atom is -0.507 e. The van der Waals surface area contributed by atoms with Crippen molar-refractivity contribution >= 4 is 44.9 Å². The van der Waals surface area contributed by atoms with Crippen molar-refractivity contribution in [1.29, 1.82) is 0 Å². The Morgan fingerprint density at radius 3 is 2.34 bits per heavy atom. The third-order valence-electron chi connectivity index (χ3n) is 5.19. The molecule has 0 fully saturated rings. The van der Waals surface area contributed by atoms with E-state index in [1.807, 2.05) is 0 Å². The second-order valence-corrected chi connectivity index (χ2v) is 13.1.